The fraction of sp³-hybridized carbons (Fsp3) is 0.0588. The number of hydrogen-bond acceptors (Lipinski definition) is 6. The van der Waals surface area contributed by atoms with Crippen molar-refractivity contribution in [3.8, 4) is 5.75 Å². The Labute approximate surface area is 141 Å². The molecule has 0 atom stereocenters. The number of aromatic hydroxyl groups is 1. The first-order chi connectivity index (χ1) is 12.0. The van der Waals surface area contributed by atoms with E-state index in [9.17, 15) is 20.0 Å². The third-order valence-electron chi connectivity index (χ3n) is 3.36. The normalized spacial score (nSPS) is 11.0. The minimum Gasteiger partial charge on any atom is -0.508 e. The summed E-state index contributed by atoms with van der Waals surface area (Å²) < 4.78 is 6.95. The largest absolute Gasteiger partial charge is 0.508 e. The molecule has 0 radical (unpaired) electrons. The monoisotopic (exact) mass is 339 g/mol. The number of carbonyl (C=O) groups excluding carboxylic acids is 1. The standard InChI is InChI=1S/C17H13N3O5/c21-13-3-1-12(2-4-13)16(22)8-7-14-5-6-15(25-14)11-19-10-9-17(18-19)20(23)24/h1-10,21H,11H2/b8-7+. The molecule has 0 saturated heterocycles. The van der Waals surface area contributed by atoms with E-state index in [0.717, 1.165) is 0 Å². The van der Waals surface area contributed by atoms with Gasteiger partial charge in [-0.15, -0.1) is 0 Å². The Morgan fingerprint density at radius 3 is 2.68 bits per heavy atom. The second kappa shape index (κ2) is 6.83. The van der Waals surface area contributed by atoms with E-state index in [-0.39, 0.29) is 23.9 Å². The lowest BCUT2D eigenvalue weighted by molar-refractivity contribution is -0.389. The molecule has 1 aromatic carbocycles. The molecule has 25 heavy (non-hydrogen) atoms. The van der Waals surface area contributed by atoms with Gasteiger partial charge in [0.1, 0.15) is 23.8 Å². The third-order valence-corrected chi connectivity index (χ3v) is 3.36. The number of carbonyl (C=O) groups is 1. The van der Waals surface area contributed by atoms with Gasteiger partial charge < -0.3 is 19.6 Å². The molecular formula is C17H13N3O5. The second-order valence-corrected chi connectivity index (χ2v) is 5.18. The summed E-state index contributed by atoms with van der Waals surface area (Å²) in [6.45, 7) is 0.244. The lowest BCUT2D eigenvalue weighted by atomic mass is 10.1. The summed E-state index contributed by atoms with van der Waals surface area (Å²) in [7, 11) is 0. The topological polar surface area (TPSA) is 111 Å². The maximum Gasteiger partial charge on any atom is 0.389 e. The molecule has 0 bridgehead atoms. The lowest BCUT2D eigenvalue weighted by Crippen LogP contribution is -2.00. The number of ketones is 1. The molecule has 0 aliphatic rings. The Morgan fingerprint density at radius 1 is 1.24 bits per heavy atom. The molecule has 1 N–H and O–H groups in total. The van der Waals surface area contributed by atoms with E-state index in [1.807, 2.05) is 0 Å². The number of allylic oxidation sites excluding steroid dienone is 1. The first kappa shape index (κ1) is 16.2. The third kappa shape index (κ3) is 3.99. The Kier molecular flexibility index (Phi) is 4.42. The number of aromatic nitrogens is 2. The number of nitrogens with zero attached hydrogens (tertiary/aromatic N) is 3. The van der Waals surface area contributed by atoms with Gasteiger partial charge in [-0.05, 0) is 53.5 Å². The maximum atomic E-state index is 12.0. The molecule has 0 aliphatic carbocycles. The minimum absolute atomic E-state index is 0.0927. The Hall–Kier alpha value is -3.68. The summed E-state index contributed by atoms with van der Waals surface area (Å²) in [5, 5.41) is 23.6. The SMILES string of the molecule is O=C(/C=C/c1ccc(Cn2ccc([N+](=O)[O-])n2)o1)c1ccc(O)cc1. The van der Waals surface area contributed by atoms with Gasteiger partial charge in [0.2, 0.25) is 0 Å². The minimum atomic E-state index is -0.568. The van der Waals surface area contributed by atoms with E-state index in [2.05, 4.69) is 5.10 Å². The molecule has 0 amide bonds. The van der Waals surface area contributed by atoms with Crippen LogP contribution >= 0.6 is 0 Å². The molecule has 2 heterocycles. The molecule has 3 aromatic rings. The zero-order valence-electron chi connectivity index (χ0n) is 12.9. The van der Waals surface area contributed by atoms with Crippen LogP contribution in [0.4, 0.5) is 5.82 Å². The van der Waals surface area contributed by atoms with Crippen LogP contribution in [0.15, 0.2) is 59.2 Å². The molecule has 0 saturated carbocycles. The smallest absolute Gasteiger partial charge is 0.389 e. The van der Waals surface area contributed by atoms with Crippen LogP contribution in [-0.2, 0) is 6.54 Å². The molecule has 0 unspecified atom stereocenters. The maximum absolute atomic E-state index is 12.0. The van der Waals surface area contributed by atoms with Gasteiger partial charge in [-0.2, -0.15) is 4.68 Å². The van der Waals surface area contributed by atoms with Gasteiger partial charge in [0.15, 0.2) is 5.78 Å². The van der Waals surface area contributed by atoms with Crippen molar-refractivity contribution in [1.82, 2.24) is 9.78 Å². The number of nitro groups is 1. The predicted octanol–water partition coefficient (Wildman–Crippen LogP) is 3.03. The highest BCUT2D eigenvalue weighted by Crippen LogP contribution is 2.14. The molecule has 2 aromatic heterocycles. The van der Waals surface area contributed by atoms with E-state index in [4.69, 9.17) is 4.42 Å². The van der Waals surface area contributed by atoms with Crippen molar-refractivity contribution >= 4 is 17.7 Å². The lowest BCUT2D eigenvalue weighted by Gasteiger charge is -1.95. The van der Waals surface area contributed by atoms with E-state index in [0.29, 0.717) is 17.1 Å². The van der Waals surface area contributed by atoms with E-state index in [1.54, 1.807) is 12.1 Å². The number of benzene rings is 1. The van der Waals surface area contributed by atoms with Gasteiger partial charge in [-0.25, -0.2) is 0 Å². The molecule has 0 fully saturated rings. The van der Waals surface area contributed by atoms with E-state index < -0.39 is 4.92 Å². The van der Waals surface area contributed by atoms with Crippen LogP contribution in [0.2, 0.25) is 0 Å². The van der Waals surface area contributed by atoms with Gasteiger partial charge in [-0.1, -0.05) is 0 Å². The number of phenolic OH excluding ortho intramolecular Hbond substituents is 1. The van der Waals surface area contributed by atoms with Gasteiger partial charge in [0.25, 0.3) is 0 Å². The number of rotatable bonds is 6. The highest BCUT2D eigenvalue weighted by Gasteiger charge is 2.12. The number of phenols is 1. The second-order valence-electron chi connectivity index (χ2n) is 5.18. The van der Waals surface area contributed by atoms with Crippen molar-refractivity contribution in [3.05, 3.63) is 81.9 Å². The van der Waals surface area contributed by atoms with Gasteiger partial charge in [0.05, 0.1) is 17.4 Å². The van der Waals surface area contributed by atoms with Crippen molar-refractivity contribution in [2.24, 2.45) is 0 Å². The zero-order valence-corrected chi connectivity index (χ0v) is 12.9. The Bertz CT molecular complexity index is 937. The quantitative estimate of drug-likeness (QED) is 0.320. The van der Waals surface area contributed by atoms with Crippen molar-refractivity contribution in [2.45, 2.75) is 6.54 Å². The van der Waals surface area contributed by atoms with Crippen LogP contribution in [0.3, 0.4) is 0 Å². The Balaban J connectivity index is 1.65. The van der Waals surface area contributed by atoms with Crippen LogP contribution in [0.5, 0.6) is 5.75 Å². The summed E-state index contributed by atoms with van der Waals surface area (Å²) in [5.74, 6) is 0.667. The molecule has 0 spiro atoms. The number of furan rings is 1. The average Bonchev–Trinajstić information content (AvgIpc) is 3.23. The molecule has 8 heteroatoms. The summed E-state index contributed by atoms with van der Waals surface area (Å²) in [4.78, 5) is 22.0. The van der Waals surface area contributed by atoms with Crippen molar-refractivity contribution in [2.75, 3.05) is 0 Å². The Morgan fingerprint density at radius 2 is 2.00 bits per heavy atom. The van der Waals surface area contributed by atoms with E-state index >= 15 is 0 Å². The van der Waals surface area contributed by atoms with Crippen molar-refractivity contribution < 1.29 is 19.2 Å². The molecule has 0 aliphatic heterocycles. The summed E-state index contributed by atoms with van der Waals surface area (Å²) in [6, 6.07) is 10.6. The van der Waals surface area contributed by atoms with Crippen LogP contribution in [0, 0.1) is 10.1 Å². The van der Waals surface area contributed by atoms with Crippen molar-refractivity contribution in [3.63, 3.8) is 0 Å². The zero-order chi connectivity index (χ0) is 17.8. The molecule has 3 rings (SSSR count). The fourth-order valence-electron chi connectivity index (χ4n) is 2.14. The highest BCUT2D eigenvalue weighted by atomic mass is 16.6. The molecular weight excluding hydrogens is 326 g/mol. The molecule has 126 valence electrons. The summed E-state index contributed by atoms with van der Waals surface area (Å²) in [6.07, 6.45) is 4.39. The van der Waals surface area contributed by atoms with Gasteiger partial charge in [-0.3, -0.25) is 4.79 Å². The number of hydrogen-bond donors (Lipinski definition) is 1. The van der Waals surface area contributed by atoms with Crippen molar-refractivity contribution in [1.29, 1.82) is 0 Å². The van der Waals surface area contributed by atoms with Crippen LogP contribution in [-0.4, -0.2) is 25.6 Å². The fourth-order valence-corrected chi connectivity index (χ4v) is 2.14. The first-order valence-corrected chi connectivity index (χ1v) is 7.29. The van der Waals surface area contributed by atoms with Crippen LogP contribution in [0.1, 0.15) is 21.9 Å². The highest BCUT2D eigenvalue weighted by molar-refractivity contribution is 6.06. The first-order valence-electron chi connectivity index (χ1n) is 7.29. The average molecular weight is 339 g/mol. The van der Waals surface area contributed by atoms with E-state index in [1.165, 1.54) is 53.4 Å². The van der Waals surface area contributed by atoms with Crippen LogP contribution in [0.25, 0.3) is 6.08 Å². The van der Waals surface area contributed by atoms with Gasteiger partial charge in [0, 0.05) is 5.56 Å². The van der Waals surface area contributed by atoms with Crippen LogP contribution < -0.4 is 0 Å². The summed E-state index contributed by atoms with van der Waals surface area (Å²) >= 11 is 0. The van der Waals surface area contributed by atoms with Gasteiger partial charge >= 0.3 is 5.82 Å². The molecule has 8 nitrogen and oxygen atoms in total. The predicted molar refractivity (Wildman–Crippen MR) is 88.2 cm³/mol. The summed E-state index contributed by atoms with van der Waals surface area (Å²) in [5.41, 5.74) is 0.449.